The molecule has 1 fully saturated rings. The Balaban J connectivity index is 1.58. The zero-order chi connectivity index (χ0) is 18.4. The van der Waals surface area contributed by atoms with Crippen molar-refractivity contribution in [3.63, 3.8) is 0 Å². The smallest absolute Gasteiger partial charge is 0.227 e. The summed E-state index contributed by atoms with van der Waals surface area (Å²) in [5.41, 5.74) is 0.933. The van der Waals surface area contributed by atoms with Gasteiger partial charge in [0.25, 0.3) is 0 Å². The van der Waals surface area contributed by atoms with Crippen LogP contribution in [0, 0.1) is 0 Å². The van der Waals surface area contributed by atoms with Gasteiger partial charge in [-0.05, 0) is 30.5 Å². The molecule has 0 aliphatic carbocycles. The Morgan fingerprint density at radius 1 is 0.923 bits per heavy atom. The molecule has 1 aromatic rings. The third-order valence-electron chi connectivity index (χ3n) is 4.83. The molecule has 2 aliphatic heterocycles. The minimum atomic E-state index is 0.101. The van der Waals surface area contributed by atoms with Crippen molar-refractivity contribution in [1.82, 2.24) is 9.80 Å². The second-order valence-electron chi connectivity index (χ2n) is 6.87. The molecule has 2 aliphatic rings. The van der Waals surface area contributed by atoms with Crippen LogP contribution in [-0.4, -0.2) is 61.0 Å². The number of nitrogens with zero attached hydrogens (tertiary/aromatic N) is 2. The molecule has 0 bridgehead atoms. The van der Waals surface area contributed by atoms with Gasteiger partial charge in [-0.15, -0.1) is 0 Å². The number of ether oxygens (including phenoxy) is 2. The van der Waals surface area contributed by atoms with Gasteiger partial charge < -0.3 is 19.3 Å². The molecule has 6 nitrogen and oxygen atoms in total. The lowest BCUT2D eigenvalue weighted by molar-refractivity contribution is -0.133. The molecular formula is C20H28N2O4. The summed E-state index contributed by atoms with van der Waals surface area (Å²) in [7, 11) is 0. The second kappa shape index (κ2) is 8.92. The average molecular weight is 360 g/mol. The zero-order valence-corrected chi connectivity index (χ0v) is 15.5. The summed E-state index contributed by atoms with van der Waals surface area (Å²) in [5, 5.41) is 0. The van der Waals surface area contributed by atoms with Crippen molar-refractivity contribution in [1.29, 1.82) is 0 Å². The summed E-state index contributed by atoms with van der Waals surface area (Å²) in [6.07, 6.45) is 3.50. The normalized spacial score (nSPS) is 17.4. The molecule has 3 rings (SSSR count). The van der Waals surface area contributed by atoms with Gasteiger partial charge in [0.2, 0.25) is 11.8 Å². The fourth-order valence-corrected chi connectivity index (χ4v) is 3.39. The molecule has 0 saturated carbocycles. The molecule has 0 N–H and O–H groups in total. The second-order valence-corrected chi connectivity index (χ2v) is 6.87. The molecule has 2 heterocycles. The molecule has 2 amide bonds. The van der Waals surface area contributed by atoms with Crippen LogP contribution in [0.4, 0.5) is 0 Å². The highest BCUT2D eigenvalue weighted by molar-refractivity contribution is 5.79. The van der Waals surface area contributed by atoms with E-state index < -0.39 is 0 Å². The van der Waals surface area contributed by atoms with Gasteiger partial charge in [0.05, 0.1) is 19.6 Å². The van der Waals surface area contributed by atoms with E-state index in [-0.39, 0.29) is 11.8 Å². The summed E-state index contributed by atoms with van der Waals surface area (Å²) >= 11 is 0. The van der Waals surface area contributed by atoms with E-state index in [1.54, 1.807) is 0 Å². The first-order chi connectivity index (χ1) is 12.7. The van der Waals surface area contributed by atoms with Crippen molar-refractivity contribution in [3.05, 3.63) is 23.8 Å². The van der Waals surface area contributed by atoms with Gasteiger partial charge in [0.15, 0.2) is 11.5 Å². The fourth-order valence-electron chi connectivity index (χ4n) is 3.39. The molecule has 0 unspecified atom stereocenters. The maximum atomic E-state index is 12.7. The van der Waals surface area contributed by atoms with E-state index in [0.717, 1.165) is 42.9 Å². The van der Waals surface area contributed by atoms with Crippen LogP contribution in [0.1, 0.15) is 38.2 Å². The summed E-state index contributed by atoms with van der Waals surface area (Å²) in [6.45, 7) is 6.00. The third kappa shape index (κ3) is 4.68. The van der Waals surface area contributed by atoms with Crippen LogP contribution < -0.4 is 9.47 Å². The van der Waals surface area contributed by atoms with Crippen LogP contribution in [-0.2, 0) is 16.0 Å². The Kier molecular flexibility index (Phi) is 6.36. The maximum absolute atomic E-state index is 12.7. The number of carbonyl (C=O) groups excluding carboxylic acids is 2. The predicted octanol–water partition coefficient (Wildman–Crippen LogP) is 2.25. The van der Waals surface area contributed by atoms with Crippen molar-refractivity contribution < 1.29 is 19.1 Å². The lowest BCUT2D eigenvalue weighted by Crippen LogP contribution is -2.37. The van der Waals surface area contributed by atoms with E-state index in [4.69, 9.17) is 9.47 Å². The number of rotatable bonds is 4. The summed E-state index contributed by atoms with van der Waals surface area (Å²) in [6, 6.07) is 5.73. The Morgan fingerprint density at radius 3 is 2.35 bits per heavy atom. The van der Waals surface area contributed by atoms with E-state index in [0.29, 0.717) is 45.7 Å². The van der Waals surface area contributed by atoms with Gasteiger partial charge in [-0.3, -0.25) is 9.59 Å². The molecule has 142 valence electrons. The molecule has 1 aromatic carbocycles. The summed E-state index contributed by atoms with van der Waals surface area (Å²) in [5.74, 6) is 1.77. The van der Waals surface area contributed by atoms with Gasteiger partial charge in [-0.25, -0.2) is 0 Å². The predicted molar refractivity (Wildman–Crippen MR) is 98.4 cm³/mol. The van der Waals surface area contributed by atoms with Crippen LogP contribution in [0.25, 0.3) is 0 Å². The van der Waals surface area contributed by atoms with E-state index in [1.807, 2.05) is 34.9 Å². The van der Waals surface area contributed by atoms with E-state index >= 15 is 0 Å². The van der Waals surface area contributed by atoms with Crippen LogP contribution in [0.15, 0.2) is 18.2 Å². The standard InChI is InChI=1S/C20H28N2O4/c1-2-5-19(23)21-8-3-9-22(11-10-21)20(24)15-16-6-7-17-18(14-16)26-13-4-12-25-17/h6-7,14H,2-5,8-13,15H2,1H3. The largest absolute Gasteiger partial charge is 0.490 e. The summed E-state index contributed by atoms with van der Waals surface area (Å²) < 4.78 is 11.3. The Bertz CT molecular complexity index is 647. The van der Waals surface area contributed by atoms with E-state index in [1.165, 1.54) is 0 Å². The van der Waals surface area contributed by atoms with Crippen molar-refractivity contribution >= 4 is 11.8 Å². The van der Waals surface area contributed by atoms with E-state index in [9.17, 15) is 9.59 Å². The van der Waals surface area contributed by atoms with E-state index in [2.05, 4.69) is 0 Å². The highest BCUT2D eigenvalue weighted by atomic mass is 16.5. The van der Waals surface area contributed by atoms with Crippen LogP contribution >= 0.6 is 0 Å². The first-order valence-corrected chi connectivity index (χ1v) is 9.61. The molecule has 0 radical (unpaired) electrons. The van der Waals surface area contributed by atoms with Crippen LogP contribution in [0.2, 0.25) is 0 Å². The van der Waals surface area contributed by atoms with Gasteiger partial charge >= 0.3 is 0 Å². The summed E-state index contributed by atoms with van der Waals surface area (Å²) in [4.78, 5) is 28.6. The minimum Gasteiger partial charge on any atom is -0.490 e. The fraction of sp³-hybridized carbons (Fsp3) is 0.600. The average Bonchev–Trinajstić information content (AvgIpc) is 3.02. The molecule has 6 heteroatoms. The SMILES string of the molecule is CCCC(=O)N1CCCN(C(=O)Cc2ccc3c(c2)OCCCO3)CC1. The van der Waals surface area contributed by atoms with Gasteiger partial charge in [0, 0.05) is 39.0 Å². The number of hydrogen-bond donors (Lipinski definition) is 0. The van der Waals surface area contributed by atoms with Gasteiger partial charge in [-0.2, -0.15) is 0 Å². The van der Waals surface area contributed by atoms with Crippen molar-refractivity contribution in [2.24, 2.45) is 0 Å². The molecular weight excluding hydrogens is 332 g/mol. The van der Waals surface area contributed by atoms with Crippen LogP contribution in [0.5, 0.6) is 11.5 Å². The first kappa shape index (κ1) is 18.5. The molecule has 26 heavy (non-hydrogen) atoms. The quantitative estimate of drug-likeness (QED) is 0.826. The molecule has 0 spiro atoms. The van der Waals surface area contributed by atoms with Gasteiger partial charge in [0.1, 0.15) is 0 Å². The number of fused-ring (bicyclic) bond motifs is 1. The molecule has 0 atom stereocenters. The minimum absolute atomic E-state index is 0.101. The maximum Gasteiger partial charge on any atom is 0.227 e. The Morgan fingerprint density at radius 2 is 1.62 bits per heavy atom. The van der Waals surface area contributed by atoms with Crippen molar-refractivity contribution in [3.8, 4) is 11.5 Å². The Hall–Kier alpha value is -2.24. The van der Waals surface area contributed by atoms with Crippen LogP contribution in [0.3, 0.4) is 0 Å². The number of amides is 2. The lowest BCUT2D eigenvalue weighted by Gasteiger charge is -2.22. The first-order valence-electron chi connectivity index (χ1n) is 9.61. The molecule has 1 saturated heterocycles. The number of benzene rings is 1. The topological polar surface area (TPSA) is 59.1 Å². The third-order valence-corrected chi connectivity index (χ3v) is 4.83. The monoisotopic (exact) mass is 360 g/mol. The number of hydrogen-bond acceptors (Lipinski definition) is 4. The molecule has 0 aromatic heterocycles. The Labute approximate surface area is 155 Å². The zero-order valence-electron chi connectivity index (χ0n) is 15.5. The van der Waals surface area contributed by atoms with Crippen molar-refractivity contribution in [2.75, 3.05) is 39.4 Å². The number of carbonyl (C=O) groups is 2. The highest BCUT2D eigenvalue weighted by Crippen LogP contribution is 2.30. The highest BCUT2D eigenvalue weighted by Gasteiger charge is 2.22. The van der Waals surface area contributed by atoms with Crippen molar-refractivity contribution in [2.45, 2.75) is 39.0 Å². The lowest BCUT2D eigenvalue weighted by atomic mass is 10.1. The van der Waals surface area contributed by atoms with Gasteiger partial charge in [-0.1, -0.05) is 13.0 Å².